The predicted molar refractivity (Wildman–Crippen MR) is 118 cm³/mol. The van der Waals surface area contributed by atoms with Gasteiger partial charge in [-0.25, -0.2) is 4.39 Å². The number of carbonyl (C=O) groups is 2. The summed E-state index contributed by atoms with van der Waals surface area (Å²) in [7, 11) is 0. The van der Waals surface area contributed by atoms with E-state index in [4.69, 9.17) is 9.73 Å². The van der Waals surface area contributed by atoms with Crippen molar-refractivity contribution in [2.24, 2.45) is 16.3 Å². The van der Waals surface area contributed by atoms with Crippen molar-refractivity contribution in [1.82, 2.24) is 0 Å². The Morgan fingerprint density at radius 2 is 1.71 bits per heavy atom. The van der Waals surface area contributed by atoms with Crippen LogP contribution in [0.15, 0.2) is 40.5 Å². The largest absolute Gasteiger partial charge is 0.462 e. The maximum absolute atomic E-state index is 13.7. The first-order valence-corrected chi connectivity index (χ1v) is 11.5. The number of esters is 1. The zero-order valence-electron chi connectivity index (χ0n) is 18.7. The third-order valence-corrected chi connectivity index (χ3v) is 6.87. The molecule has 0 saturated heterocycles. The van der Waals surface area contributed by atoms with E-state index in [-0.39, 0.29) is 29.1 Å². The first kappa shape index (κ1) is 21.9. The van der Waals surface area contributed by atoms with Crippen molar-refractivity contribution in [1.29, 1.82) is 0 Å². The molecule has 1 aliphatic heterocycles. The van der Waals surface area contributed by atoms with Crippen molar-refractivity contribution < 1.29 is 18.7 Å². The fourth-order valence-electron chi connectivity index (χ4n) is 5.38. The van der Waals surface area contributed by atoms with Crippen molar-refractivity contribution in [3.05, 3.63) is 46.9 Å². The van der Waals surface area contributed by atoms with Gasteiger partial charge in [0.1, 0.15) is 17.8 Å². The molecule has 0 aromatic heterocycles. The van der Waals surface area contributed by atoms with Crippen LogP contribution in [-0.4, -0.2) is 23.6 Å². The summed E-state index contributed by atoms with van der Waals surface area (Å²) >= 11 is 0. The van der Waals surface area contributed by atoms with Crippen LogP contribution in [0.1, 0.15) is 83.6 Å². The molecule has 1 heterocycles. The van der Waals surface area contributed by atoms with Crippen molar-refractivity contribution >= 4 is 17.5 Å². The topological polar surface area (TPSA) is 55.7 Å². The number of ketones is 1. The lowest BCUT2D eigenvalue weighted by Gasteiger charge is -2.39. The number of hydrogen-bond acceptors (Lipinski definition) is 4. The van der Waals surface area contributed by atoms with Gasteiger partial charge in [-0.1, -0.05) is 38.8 Å². The van der Waals surface area contributed by atoms with Crippen molar-refractivity contribution in [3.63, 3.8) is 0 Å². The average molecular weight is 426 g/mol. The Morgan fingerprint density at radius 3 is 2.35 bits per heavy atom. The van der Waals surface area contributed by atoms with Crippen LogP contribution < -0.4 is 0 Å². The van der Waals surface area contributed by atoms with Crippen LogP contribution in [0.2, 0.25) is 0 Å². The number of carbonyl (C=O) groups excluding carboxylic acids is 2. The highest BCUT2D eigenvalue weighted by molar-refractivity contribution is 6.09. The van der Waals surface area contributed by atoms with Crippen LogP contribution in [0.3, 0.4) is 0 Å². The molecule has 0 N–H and O–H groups in total. The summed E-state index contributed by atoms with van der Waals surface area (Å²) in [6, 6.07) is 6.15. The van der Waals surface area contributed by atoms with Gasteiger partial charge in [0, 0.05) is 29.3 Å². The van der Waals surface area contributed by atoms with E-state index in [2.05, 4.69) is 13.8 Å². The summed E-state index contributed by atoms with van der Waals surface area (Å²) in [4.78, 5) is 31.4. The van der Waals surface area contributed by atoms with Gasteiger partial charge in [0.2, 0.25) is 0 Å². The van der Waals surface area contributed by atoms with Gasteiger partial charge in [-0.05, 0) is 62.1 Å². The number of benzene rings is 1. The zero-order valence-corrected chi connectivity index (χ0v) is 18.7. The second-order valence-electron chi connectivity index (χ2n) is 10.1. The fraction of sp³-hybridized carbons (Fsp3) is 0.577. The van der Waals surface area contributed by atoms with Crippen LogP contribution in [0.4, 0.5) is 4.39 Å². The average Bonchev–Trinajstić information content (AvgIpc) is 2.95. The number of ether oxygens (including phenoxy) is 1. The van der Waals surface area contributed by atoms with Gasteiger partial charge in [-0.15, -0.1) is 0 Å². The van der Waals surface area contributed by atoms with Gasteiger partial charge < -0.3 is 4.74 Å². The molecule has 166 valence electrons. The molecule has 31 heavy (non-hydrogen) atoms. The Hall–Kier alpha value is -2.30. The molecule has 5 heteroatoms. The molecule has 4 nitrogen and oxygen atoms in total. The summed E-state index contributed by atoms with van der Waals surface area (Å²) in [5.41, 5.74) is 2.66. The molecule has 1 saturated carbocycles. The third kappa shape index (κ3) is 4.65. The molecule has 1 aromatic carbocycles. The van der Waals surface area contributed by atoms with Crippen molar-refractivity contribution in [3.8, 4) is 0 Å². The molecular weight excluding hydrogens is 393 g/mol. The number of Topliss-reactive ketones (excluding diaryl/α,β-unsaturated/α-hetero) is 1. The van der Waals surface area contributed by atoms with E-state index >= 15 is 0 Å². The highest BCUT2D eigenvalue weighted by Crippen LogP contribution is 2.48. The smallest absolute Gasteiger partial charge is 0.315 e. The Kier molecular flexibility index (Phi) is 6.14. The van der Waals surface area contributed by atoms with Gasteiger partial charge >= 0.3 is 5.97 Å². The number of rotatable bonds is 3. The number of allylic oxidation sites excluding steroid dienone is 2. The second kappa shape index (κ2) is 8.68. The normalized spacial score (nSPS) is 26.7. The van der Waals surface area contributed by atoms with E-state index in [9.17, 15) is 14.0 Å². The Labute approximate surface area is 184 Å². The van der Waals surface area contributed by atoms with E-state index in [0.717, 1.165) is 36.9 Å². The lowest BCUT2D eigenvalue weighted by Crippen LogP contribution is -2.40. The van der Waals surface area contributed by atoms with Crippen LogP contribution in [0, 0.1) is 17.2 Å². The zero-order chi connectivity index (χ0) is 22.2. The number of nitrogens with zero attached hydrogens (tertiary/aromatic N) is 1. The fourth-order valence-corrected chi connectivity index (χ4v) is 5.38. The second-order valence-corrected chi connectivity index (χ2v) is 10.1. The monoisotopic (exact) mass is 425 g/mol. The maximum Gasteiger partial charge on any atom is 0.315 e. The van der Waals surface area contributed by atoms with E-state index in [1.165, 1.54) is 25.0 Å². The standard InChI is InChI=1S/C26H32FNO3/c1-16-22(25(30)31-19-8-6-4-5-7-9-19)23(17-10-12-18(27)13-11-17)24-20(28-16)14-26(2,3)15-21(24)29/h10-13,19,22-23H,4-9,14-15H2,1-3H3/t22?,23-/m0/s1. The van der Waals surface area contributed by atoms with Crippen LogP contribution >= 0.6 is 0 Å². The van der Waals surface area contributed by atoms with Crippen molar-refractivity contribution in [2.75, 3.05) is 0 Å². The van der Waals surface area contributed by atoms with Crippen molar-refractivity contribution in [2.45, 2.75) is 84.2 Å². The SMILES string of the molecule is CC1=NC2=C(C(=O)CC(C)(C)C2)[C@@H](c2ccc(F)cc2)C1C(=O)OC1CCCCCC1. The summed E-state index contributed by atoms with van der Waals surface area (Å²) < 4.78 is 19.6. The van der Waals surface area contributed by atoms with E-state index < -0.39 is 11.8 Å². The van der Waals surface area contributed by atoms with E-state index in [1.807, 2.05) is 6.92 Å². The van der Waals surface area contributed by atoms with Crippen LogP contribution in [0.25, 0.3) is 0 Å². The molecule has 1 fully saturated rings. The first-order chi connectivity index (χ1) is 14.7. The first-order valence-electron chi connectivity index (χ1n) is 11.5. The van der Waals surface area contributed by atoms with Crippen LogP contribution in [-0.2, 0) is 14.3 Å². The van der Waals surface area contributed by atoms with Gasteiger partial charge in [-0.2, -0.15) is 0 Å². The van der Waals surface area contributed by atoms with E-state index in [1.54, 1.807) is 12.1 Å². The van der Waals surface area contributed by atoms with Gasteiger partial charge in [0.05, 0.1) is 0 Å². The summed E-state index contributed by atoms with van der Waals surface area (Å²) in [6.07, 6.45) is 7.30. The number of halogens is 1. The highest BCUT2D eigenvalue weighted by Gasteiger charge is 2.46. The molecule has 1 aromatic rings. The third-order valence-electron chi connectivity index (χ3n) is 6.87. The lowest BCUT2D eigenvalue weighted by atomic mass is 9.67. The summed E-state index contributed by atoms with van der Waals surface area (Å²) in [5, 5.41) is 0. The lowest BCUT2D eigenvalue weighted by molar-refractivity contribution is -0.152. The van der Waals surface area contributed by atoms with E-state index in [0.29, 0.717) is 24.1 Å². The minimum absolute atomic E-state index is 0.0316. The Balaban J connectivity index is 1.72. The summed E-state index contributed by atoms with van der Waals surface area (Å²) in [5.74, 6) is -1.75. The molecule has 2 aliphatic carbocycles. The molecular formula is C26H32FNO3. The summed E-state index contributed by atoms with van der Waals surface area (Å²) in [6.45, 7) is 5.99. The maximum atomic E-state index is 13.7. The Bertz CT molecular complexity index is 920. The van der Waals surface area contributed by atoms with Crippen LogP contribution in [0.5, 0.6) is 0 Å². The number of hydrogen-bond donors (Lipinski definition) is 0. The number of aliphatic imine (C=N–C) groups is 1. The minimum atomic E-state index is -0.655. The van der Waals surface area contributed by atoms with Gasteiger partial charge in [-0.3, -0.25) is 14.6 Å². The molecule has 0 amide bonds. The molecule has 3 aliphatic rings. The molecule has 0 spiro atoms. The molecule has 0 radical (unpaired) electrons. The predicted octanol–water partition coefficient (Wildman–Crippen LogP) is 5.91. The minimum Gasteiger partial charge on any atom is -0.462 e. The molecule has 1 unspecified atom stereocenters. The highest BCUT2D eigenvalue weighted by atomic mass is 19.1. The molecule has 2 atom stereocenters. The quantitative estimate of drug-likeness (QED) is 0.447. The Morgan fingerprint density at radius 1 is 1.06 bits per heavy atom. The van der Waals surface area contributed by atoms with Gasteiger partial charge in [0.25, 0.3) is 0 Å². The molecule has 0 bridgehead atoms. The van der Waals surface area contributed by atoms with Gasteiger partial charge in [0.15, 0.2) is 5.78 Å². The molecule has 4 rings (SSSR count).